The van der Waals surface area contributed by atoms with Gasteiger partial charge in [-0.15, -0.1) is 144 Å². The summed E-state index contributed by atoms with van der Waals surface area (Å²) in [6.45, 7) is 18.9. The van der Waals surface area contributed by atoms with Crippen LogP contribution in [0.3, 0.4) is 0 Å². The first-order valence-corrected chi connectivity index (χ1v) is 33.6. The van der Waals surface area contributed by atoms with E-state index in [0.717, 1.165) is 68.2 Å². The number of aromatic carboxylic acids is 1. The number of carboxylic acids is 1. The van der Waals surface area contributed by atoms with Gasteiger partial charge in [0.2, 0.25) is 0 Å². The quantitative estimate of drug-likeness (QED) is 0.0525. The summed E-state index contributed by atoms with van der Waals surface area (Å²) in [5, 5.41) is 18.1. The third-order valence-electron chi connectivity index (χ3n) is 16.5. The van der Waals surface area contributed by atoms with E-state index in [1.54, 1.807) is 48.5 Å². The molecule has 17 heteroatoms. The summed E-state index contributed by atoms with van der Waals surface area (Å²) >= 11 is 0. The van der Waals surface area contributed by atoms with Crippen molar-refractivity contribution in [2.75, 3.05) is 0 Å². The number of imidazole rings is 4. The number of hydrogen-bond acceptors (Lipinski definition) is 8. The topological polar surface area (TPSA) is 159 Å². The van der Waals surface area contributed by atoms with Crippen molar-refractivity contribution in [1.29, 1.82) is 0 Å². The van der Waals surface area contributed by atoms with Crippen molar-refractivity contribution >= 4 is 17.5 Å². The molecule has 0 fully saturated rings. The first kappa shape index (κ1) is 85.5. The normalized spacial score (nSPS) is 10.2. The van der Waals surface area contributed by atoms with Crippen LogP contribution in [0.15, 0.2) is 304 Å². The molecule has 0 saturated heterocycles. The number of aryl methyl sites for hydroxylation is 9. The molecule has 15 aromatic rings. The summed E-state index contributed by atoms with van der Waals surface area (Å²) in [6, 6.07) is 96.4. The van der Waals surface area contributed by atoms with Crippen LogP contribution in [0, 0.1) is 86.6 Å². The number of carbonyl (C=O) groups excluding carboxylic acids is 1. The van der Waals surface area contributed by atoms with E-state index < -0.39 is 5.97 Å². The van der Waals surface area contributed by atoms with E-state index in [1.807, 2.05) is 167 Å². The van der Waals surface area contributed by atoms with E-state index in [-0.39, 0.29) is 99.6 Å². The number of ketones is 1. The van der Waals surface area contributed by atoms with Crippen LogP contribution in [0.2, 0.25) is 0 Å². The molecule has 2 radical (unpaired) electrons. The fraction of sp³-hybridized carbons (Fsp3) is 0.100. The molecular formula is C90H79Ir2N9O4Pt2-4. The summed E-state index contributed by atoms with van der Waals surface area (Å²) in [5.41, 5.74) is 21.5. The van der Waals surface area contributed by atoms with E-state index in [4.69, 9.17) is 5.11 Å². The molecule has 0 unspecified atom stereocenters. The van der Waals surface area contributed by atoms with Crippen LogP contribution < -0.4 is 0 Å². The van der Waals surface area contributed by atoms with Crippen molar-refractivity contribution in [2.24, 2.45) is 0 Å². The van der Waals surface area contributed by atoms with Gasteiger partial charge in [-0.3, -0.25) is 24.7 Å². The Labute approximate surface area is 683 Å². The molecule has 10 aromatic carbocycles. The number of allylic oxidation sites excluding steroid dienone is 1. The number of carboxylic acid groups (broad SMARTS) is 1. The van der Waals surface area contributed by atoms with Gasteiger partial charge in [0.25, 0.3) is 0 Å². The average Bonchev–Trinajstić information content (AvgIpc) is 1.69. The zero-order chi connectivity index (χ0) is 72.6. The summed E-state index contributed by atoms with van der Waals surface area (Å²) in [5.74, 6) is 1.76. The van der Waals surface area contributed by atoms with Gasteiger partial charge in [-0.2, -0.15) is 0 Å². The van der Waals surface area contributed by atoms with Gasteiger partial charge in [-0.25, -0.2) is 9.78 Å². The van der Waals surface area contributed by atoms with E-state index in [9.17, 15) is 14.7 Å². The molecule has 15 rings (SSSR count). The number of benzene rings is 10. The van der Waals surface area contributed by atoms with Crippen molar-refractivity contribution in [1.82, 2.24) is 43.2 Å². The molecule has 13 nitrogen and oxygen atoms in total. The third-order valence-corrected chi connectivity index (χ3v) is 16.5. The fourth-order valence-electron chi connectivity index (χ4n) is 11.5. The van der Waals surface area contributed by atoms with Gasteiger partial charge in [0.05, 0.1) is 40.9 Å². The van der Waals surface area contributed by atoms with Crippen LogP contribution in [0.4, 0.5) is 0 Å². The molecule has 5 heterocycles. The largest absolute Gasteiger partial charge is 0.507 e. The van der Waals surface area contributed by atoms with Crippen molar-refractivity contribution in [3.8, 4) is 67.8 Å². The Bertz CT molecular complexity index is 5060. The molecule has 0 atom stereocenters. The SMILES string of the molecule is Cc1cccc(C)c1-n1cc(-c2[c-]cccc2)nc1C.Cc1cccc(C)c1-n1cc(-c2[c-]cccc2)nc1C.Cc1cccc(C)c1-n1cnc(-c2[c-]cccc2)c1.Cc1nc(-c2[c-]cccc2)cn1-c1ccccc1.O=C(C=C(O)c1ccccc1)c1ccccc1.O=C(O)c1ccccn1.[Ir].[Ir].[Pt].[Pt]. The molecule has 0 saturated carbocycles. The maximum absolute atomic E-state index is 11.8. The predicted molar refractivity (Wildman–Crippen MR) is 413 cm³/mol. The Balaban J connectivity index is 0.000000202. The maximum atomic E-state index is 11.8. The summed E-state index contributed by atoms with van der Waals surface area (Å²) in [6.07, 6.45) is 12.9. The Morgan fingerprint density at radius 2 is 0.701 bits per heavy atom. The maximum Gasteiger partial charge on any atom is 0.354 e. The number of hydrogen-bond donors (Lipinski definition) is 2. The fourth-order valence-corrected chi connectivity index (χ4v) is 11.5. The number of rotatable bonds is 12. The number of nitrogens with zero attached hydrogens (tertiary/aromatic N) is 9. The molecule has 0 bridgehead atoms. The van der Waals surface area contributed by atoms with Gasteiger partial charge < -0.3 is 28.5 Å². The second kappa shape index (κ2) is 42.6. The van der Waals surface area contributed by atoms with Crippen LogP contribution in [-0.4, -0.2) is 65.2 Å². The zero-order valence-corrected chi connectivity index (χ0v) is 69.7. The second-order valence-electron chi connectivity index (χ2n) is 24.1. The van der Waals surface area contributed by atoms with Crippen LogP contribution >= 0.6 is 0 Å². The van der Waals surface area contributed by atoms with Crippen molar-refractivity contribution in [3.05, 3.63) is 396 Å². The molecule has 2 N–H and O–H groups in total. The Kier molecular flexibility index (Phi) is 34.1. The minimum Gasteiger partial charge on any atom is -0.507 e. The van der Waals surface area contributed by atoms with E-state index in [0.29, 0.717) is 11.1 Å². The minimum atomic E-state index is -0.990. The minimum absolute atomic E-state index is 0. The van der Waals surface area contributed by atoms with Crippen LogP contribution in [0.5, 0.6) is 0 Å². The molecule has 0 amide bonds. The number of aliphatic hydroxyl groups is 1. The van der Waals surface area contributed by atoms with E-state index >= 15 is 0 Å². The summed E-state index contributed by atoms with van der Waals surface area (Å²) in [4.78, 5) is 43.9. The first-order chi connectivity index (χ1) is 50.0. The van der Waals surface area contributed by atoms with Gasteiger partial charge in [0.1, 0.15) is 11.5 Å². The zero-order valence-electron chi connectivity index (χ0n) is 60.4. The van der Waals surface area contributed by atoms with Crippen LogP contribution in [0.25, 0.3) is 73.5 Å². The van der Waals surface area contributed by atoms with E-state index in [2.05, 4.69) is 201 Å². The number of carbonyl (C=O) groups is 2. The number of aromatic nitrogens is 9. The molecule has 550 valence electrons. The molecule has 0 aliphatic heterocycles. The molecule has 107 heavy (non-hydrogen) atoms. The van der Waals surface area contributed by atoms with Crippen LogP contribution in [-0.2, 0) is 82.3 Å². The molecular weight excluding hydrogens is 2050 g/mol. The monoisotopic (exact) mass is 2130 g/mol. The van der Waals surface area contributed by atoms with Crippen molar-refractivity contribution < 1.29 is 102 Å². The number of aliphatic hydroxyl groups excluding tert-OH is 1. The van der Waals surface area contributed by atoms with Crippen LogP contribution in [0.1, 0.15) is 77.3 Å². The van der Waals surface area contributed by atoms with Gasteiger partial charge in [0, 0.05) is 134 Å². The molecule has 0 aliphatic rings. The molecule has 0 aliphatic carbocycles. The smallest absolute Gasteiger partial charge is 0.354 e. The average molecular weight is 2130 g/mol. The second-order valence-corrected chi connectivity index (χ2v) is 24.1. The van der Waals surface area contributed by atoms with Gasteiger partial charge in [0.15, 0.2) is 5.78 Å². The van der Waals surface area contributed by atoms with E-state index in [1.165, 1.54) is 68.8 Å². The number of para-hydroxylation sites is 4. The Hall–Kier alpha value is -10.5. The predicted octanol–water partition coefficient (Wildman–Crippen LogP) is 20.4. The summed E-state index contributed by atoms with van der Waals surface area (Å²) < 4.78 is 8.51. The third kappa shape index (κ3) is 23.5. The number of pyridine rings is 1. The standard InChI is InChI=1S/2C18H17N2.C17H15N2.C16H13N2.C15H12O2.C6H5NO2.2Ir.2Pt/c2*1-13-8-7-9-14(2)18(13)20-12-17(19-15(20)3)16-10-5-4-6-11-16;1-13-7-6-8-14(2)17(13)19-11-16(18-12-19)15-9-4-3-5-10-15;1-13-17-16(14-8-4-2-5-9-14)12-18(13)15-10-6-3-7-11-15;16-14(12-7-3-1-4-8-12)11-15(17)13-9-5-2-6-10-13;8-6(9)5-3-1-2-4-7-5;;;;/h2*4-10,12H,1-3H3;3-9,11-12H,1-2H3;2-8,10-12H,1H3;1-11,16H;1-4H,(H,8,9);;;;/q4*-1;;;;;;. The van der Waals surface area contributed by atoms with Gasteiger partial charge in [-0.1, -0.05) is 140 Å². The first-order valence-electron chi connectivity index (χ1n) is 33.6. The van der Waals surface area contributed by atoms with Gasteiger partial charge >= 0.3 is 5.97 Å². The Morgan fingerprint density at radius 3 is 1.07 bits per heavy atom. The molecule has 0 spiro atoms. The Morgan fingerprint density at radius 1 is 0.355 bits per heavy atom. The summed E-state index contributed by atoms with van der Waals surface area (Å²) in [7, 11) is 0. The van der Waals surface area contributed by atoms with Crippen molar-refractivity contribution in [2.45, 2.75) is 62.3 Å². The van der Waals surface area contributed by atoms with Gasteiger partial charge in [-0.05, 0) is 145 Å². The molecule has 5 aromatic heterocycles. The van der Waals surface area contributed by atoms with Crippen molar-refractivity contribution in [3.63, 3.8) is 0 Å².